The summed E-state index contributed by atoms with van der Waals surface area (Å²) in [6.07, 6.45) is 3.47. The summed E-state index contributed by atoms with van der Waals surface area (Å²) in [5.41, 5.74) is 0. The second kappa shape index (κ2) is 3.68. The number of hydrogen-bond acceptors (Lipinski definition) is 4. The molecule has 0 amide bonds. The van der Waals surface area contributed by atoms with Crippen molar-refractivity contribution in [3.63, 3.8) is 0 Å². The van der Waals surface area contributed by atoms with Gasteiger partial charge in [0.15, 0.2) is 0 Å². The fourth-order valence-corrected chi connectivity index (χ4v) is 0.857. The van der Waals surface area contributed by atoms with Gasteiger partial charge >= 0.3 is 0 Å². The normalized spacial score (nSPS) is 9.44. The number of nitrogens with one attached hydrogen (secondary N) is 2. The maximum Gasteiger partial charge on any atom is 0.200 e. The molecule has 0 aliphatic heterocycles. The molecule has 0 saturated carbocycles. The van der Waals surface area contributed by atoms with Crippen LogP contribution < -0.4 is 5.32 Å². The summed E-state index contributed by atoms with van der Waals surface area (Å²) in [4.78, 5) is 6.84. The molecule has 0 aliphatic rings. The van der Waals surface area contributed by atoms with Gasteiger partial charge in [0, 0.05) is 12.4 Å². The number of rotatable bonds is 3. The fraction of sp³-hybridized carbons (Fsp3) is 0.250. The van der Waals surface area contributed by atoms with Crippen molar-refractivity contribution < 1.29 is 0 Å². The van der Waals surface area contributed by atoms with Crippen molar-refractivity contribution in [1.29, 1.82) is 0 Å². The Kier molecular flexibility index (Phi) is 2.79. The lowest BCUT2D eigenvalue weighted by Crippen LogP contribution is -1.96. The van der Waals surface area contributed by atoms with Gasteiger partial charge in [-0.25, -0.2) is 4.98 Å². The molecule has 3 nitrogen and oxygen atoms in total. The third kappa shape index (κ3) is 2.19. The average Bonchev–Trinajstić information content (AvgIpc) is 2.34. The van der Waals surface area contributed by atoms with Crippen molar-refractivity contribution in [3.8, 4) is 0 Å². The molecule has 50 valence electrons. The minimum atomic E-state index is 0.761. The number of nitrogens with zero attached hydrogens (tertiary/aromatic N) is 1. The first-order valence-corrected chi connectivity index (χ1v) is 4.47. The van der Waals surface area contributed by atoms with Crippen molar-refractivity contribution in [2.75, 3.05) is 11.2 Å². The Balaban J connectivity index is 2.30. The van der Waals surface area contributed by atoms with E-state index >= 15 is 0 Å². The molecular formula is C4H7N3S2. The first-order valence-electron chi connectivity index (χ1n) is 2.43. The predicted octanol–water partition coefficient (Wildman–Crippen LogP) is 1.36. The Labute approximate surface area is 62.5 Å². The SMILES string of the molecule is SSCNc1ncc[nH]1. The lowest BCUT2D eigenvalue weighted by Gasteiger charge is -1.95. The van der Waals surface area contributed by atoms with E-state index in [-0.39, 0.29) is 0 Å². The highest BCUT2D eigenvalue weighted by atomic mass is 33.1. The van der Waals surface area contributed by atoms with Crippen molar-refractivity contribution in [1.82, 2.24) is 9.97 Å². The minimum absolute atomic E-state index is 0.761. The van der Waals surface area contributed by atoms with E-state index in [1.165, 1.54) is 10.8 Å². The van der Waals surface area contributed by atoms with Crippen LogP contribution in [0.4, 0.5) is 5.95 Å². The van der Waals surface area contributed by atoms with Crippen LogP contribution in [0.15, 0.2) is 12.4 Å². The first-order chi connectivity index (χ1) is 4.43. The number of H-pyrrole nitrogens is 1. The van der Waals surface area contributed by atoms with Crippen LogP contribution >= 0.6 is 22.5 Å². The molecular weight excluding hydrogens is 154 g/mol. The van der Waals surface area contributed by atoms with Gasteiger partial charge in [-0.1, -0.05) is 10.8 Å². The van der Waals surface area contributed by atoms with E-state index in [9.17, 15) is 0 Å². The molecule has 0 saturated heterocycles. The van der Waals surface area contributed by atoms with Gasteiger partial charge < -0.3 is 10.3 Å². The van der Waals surface area contributed by atoms with Crippen molar-refractivity contribution >= 4 is 28.4 Å². The summed E-state index contributed by atoms with van der Waals surface area (Å²) in [6.45, 7) is 0. The summed E-state index contributed by atoms with van der Waals surface area (Å²) >= 11 is 3.94. The highest BCUT2D eigenvalue weighted by Crippen LogP contribution is 2.04. The lowest BCUT2D eigenvalue weighted by molar-refractivity contribution is 1.25. The van der Waals surface area contributed by atoms with Crippen LogP contribution in [-0.4, -0.2) is 15.8 Å². The molecule has 1 aromatic rings. The van der Waals surface area contributed by atoms with Gasteiger partial charge in [-0.05, 0) is 0 Å². The average molecular weight is 161 g/mol. The maximum absolute atomic E-state index is 3.94. The predicted molar refractivity (Wildman–Crippen MR) is 43.7 cm³/mol. The smallest absolute Gasteiger partial charge is 0.200 e. The van der Waals surface area contributed by atoms with Crippen LogP contribution in [0.3, 0.4) is 0 Å². The molecule has 9 heavy (non-hydrogen) atoms. The number of aromatic amines is 1. The van der Waals surface area contributed by atoms with E-state index < -0.39 is 0 Å². The standard InChI is InChI=1S/C4H7N3S2/c8-9-3-7-4-5-1-2-6-4/h1-2,8H,3H2,(H2,5,6,7). The van der Waals surface area contributed by atoms with E-state index in [2.05, 4.69) is 26.9 Å². The summed E-state index contributed by atoms with van der Waals surface area (Å²) in [6, 6.07) is 0. The molecule has 0 atom stereocenters. The topological polar surface area (TPSA) is 40.7 Å². The summed E-state index contributed by atoms with van der Waals surface area (Å²) in [5, 5.41) is 2.99. The molecule has 1 aromatic heterocycles. The lowest BCUT2D eigenvalue weighted by atomic mass is 11.0. The quantitative estimate of drug-likeness (QED) is 0.356. The number of hydrogen-bond donors (Lipinski definition) is 3. The van der Waals surface area contributed by atoms with E-state index in [4.69, 9.17) is 0 Å². The Hall–Kier alpha value is -0.290. The zero-order chi connectivity index (χ0) is 6.53. The number of thiol groups is 1. The Morgan fingerprint density at radius 3 is 3.33 bits per heavy atom. The zero-order valence-electron chi connectivity index (χ0n) is 4.66. The zero-order valence-corrected chi connectivity index (χ0v) is 6.38. The molecule has 0 radical (unpaired) electrons. The second-order valence-corrected chi connectivity index (χ2v) is 2.71. The third-order valence-corrected chi connectivity index (χ3v) is 1.46. The molecule has 2 N–H and O–H groups in total. The highest BCUT2D eigenvalue weighted by molar-refractivity contribution is 8.68. The number of imidazole rings is 1. The number of anilines is 1. The van der Waals surface area contributed by atoms with Gasteiger partial charge in [-0.15, -0.1) is 11.7 Å². The first kappa shape index (κ1) is 6.82. The highest BCUT2D eigenvalue weighted by Gasteiger charge is 1.87. The van der Waals surface area contributed by atoms with Crippen molar-refractivity contribution in [3.05, 3.63) is 12.4 Å². The van der Waals surface area contributed by atoms with Crippen LogP contribution in [0.1, 0.15) is 0 Å². The van der Waals surface area contributed by atoms with Crippen LogP contribution in [0.2, 0.25) is 0 Å². The van der Waals surface area contributed by atoms with Crippen molar-refractivity contribution in [2.45, 2.75) is 0 Å². The third-order valence-electron chi connectivity index (χ3n) is 0.802. The van der Waals surface area contributed by atoms with Gasteiger partial charge in [0.25, 0.3) is 0 Å². The van der Waals surface area contributed by atoms with Gasteiger partial charge in [0.2, 0.25) is 5.95 Å². The van der Waals surface area contributed by atoms with Crippen LogP contribution in [0, 0.1) is 0 Å². The van der Waals surface area contributed by atoms with E-state index in [1.807, 2.05) is 0 Å². The molecule has 1 rings (SSSR count). The van der Waals surface area contributed by atoms with E-state index in [1.54, 1.807) is 12.4 Å². The number of aromatic nitrogens is 2. The van der Waals surface area contributed by atoms with E-state index in [0.717, 1.165) is 11.8 Å². The molecule has 0 aromatic carbocycles. The summed E-state index contributed by atoms with van der Waals surface area (Å²) in [7, 11) is 1.42. The molecule has 0 bridgehead atoms. The van der Waals surface area contributed by atoms with Crippen molar-refractivity contribution in [2.24, 2.45) is 0 Å². The molecule has 5 heteroatoms. The van der Waals surface area contributed by atoms with Crippen LogP contribution in [0.5, 0.6) is 0 Å². The Morgan fingerprint density at radius 1 is 1.89 bits per heavy atom. The Bertz CT molecular complexity index is 151. The van der Waals surface area contributed by atoms with Gasteiger partial charge in [0.1, 0.15) is 0 Å². The molecule has 0 unspecified atom stereocenters. The molecule has 1 heterocycles. The van der Waals surface area contributed by atoms with Gasteiger partial charge in [-0.2, -0.15) is 0 Å². The molecule has 0 aliphatic carbocycles. The largest absolute Gasteiger partial charge is 0.346 e. The summed E-state index contributed by atoms with van der Waals surface area (Å²) < 4.78 is 0. The maximum atomic E-state index is 3.94. The molecule has 0 fully saturated rings. The monoisotopic (exact) mass is 161 g/mol. The van der Waals surface area contributed by atoms with Gasteiger partial charge in [0.05, 0.1) is 5.88 Å². The van der Waals surface area contributed by atoms with E-state index in [0.29, 0.717) is 0 Å². The van der Waals surface area contributed by atoms with Crippen LogP contribution in [-0.2, 0) is 0 Å². The summed E-state index contributed by atoms with van der Waals surface area (Å²) in [5.74, 6) is 1.55. The molecule has 0 spiro atoms. The fourth-order valence-electron chi connectivity index (χ4n) is 0.463. The minimum Gasteiger partial charge on any atom is -0.346 e. The second-order valence-electron chi connectivity index (χ2n) is 1.39. The van der Waals surface area contributed by atoms with Crippen LogP contribution in [0.25, 0.3) is 0 Å². The Morgan fingerprint density at radius 2 is 2.78 bits per heavy atom. The van der Waals surface area contributed by atoms with Gasteiger partial charge in [-0.3, -0.25) is 0 Å².